The van der Waals surface area contributed by atoms with Crippen LogP contribution in [0.2, 0.25) is 0 Å². The zero-order valence-electron chi connectivity index (χ0n) is 17.5. The topological polar surface area (TPSA) is 18.3 Å². The Morgan fingerprint density at radius 1 is 0.821 bits per heavy atom. The molecule has 3 nitrogen and oxygen atoms in total. The van der Waals surface area contributed by atoms with Crippen LogP contribution in [0.3, 0.4) is 0 Å². The lowest BCUT2D eigenvalue weighted by Crippen LogP contribution is -2.10. The number of benzene rings is 2. The molecule has 0 amide bonds. The van der Waals surface area contributed by atoms with E-state index in [2.05, 4.69) is 116 Å². The maximum absolute atomic E-state index is 3.21. The summed E-state index contributed by atoms with van der Waals surface area (Å²) in [5.74, 6) is 0. The third-order valence-corrected chi connectivity index (χ3v) is 4.97. The Kier molecular flexibility index (Phi) is 6.27. The van der Waals surface area contributed by atoms with Gasteiger partial charge < -0.3 is 10.2 Å². The monoisotopic (exact) mass is 372 g/mol. The van der Waals surface area contributed by atoms with Crippen LogP contribution >= 0.6 is 0 Å². The van der Waals surface area contributed by atoms with E-state index in [0.717, 1.165) is 6.54 Å². The molecule has 3 heteroatoms. The molecule has 0 aliphatic heterocycles. The number of anilines is 1. The summed E-state index contributed by atoms with van der Waals surface area (Å²) in [6, 6.07) is 17.6. The summed E-state index contributed by atoms with van der Waals surface area (Å²) in [4.78, 5) is 2.13. The van der Waals surface area contributed by atoms with Gasteiger partial charge in [0.25, 0.3) is 0 Å². The number of hydrogen-bond acceptors (Lipinski definition) is 2. The highest BCUT2D eigenvalue weighted by molar-refractivity contribution is 6.03. The van der Waals surface area contributed by atoms with E-state index in [4.69, 9.17) is 0 Å². The number of allylic oxidation sites excluding steroid dienone is 5. The number of nitrogens with one attached hydrogen (secondary N) is 1. The van der Waals surface area contributed by atoms with Crippen molar-refractivity contribution in [3.63, 3.8) is 0 Å². The molecular weight excluding hydrogens is 342 g/mol. The van der Waals surface area contributed by atoms with E-state index < -0.39 is 0 Å². The van der Waals surface area contributed by atoms with Crippen molar-refractivity contribution in [1.82, 2.24) is 5.32 Å². The van der Waals surface area contributed by atoms with Gasteiger partial charge in [0.2, 0.25) is 0 Å². The van der Waals surface area contributed by atoms with Gasteiger partial charge in [-0.15, -0.1) is 0 Å². The fourth-order valence-electron chi connectivity index (χ4n) is 3.35. The smallest absolute Gasteiger partial charge is 0.199 e. The maximum Gasteiger partial charge on any atom is 0.199 e. The second kappa shape index (κ2) is 8.85. The Bertz CT molecular complexity index is 918. The molecule has 1 aliphatic rings. The summed E-state index contributed by atoms with van der Waals surface area (Å²) in [6.07, 6.45) is 8.79. The summed E-state index contributed by atoms with van der Waals surface area (Å²) < 4.78 is 2.13. The maximum atomic E-state index is 3.21. The zero-order valence-corrected chi connectivity index (χ0v) is 17.5. The number of rotatable bonds is 5. The van der Waals surface area contributed by atoms with Crippen LogP contribution in [0.1, 0.15) is 16.7 Å². The minimum atomic E-state index is 0.880. The lowest BCUT2D eigenvalue weighted by Gasteiger charge is -2.17. The van der Waals surface area contributed by atoms with Crippen LogP contribution in [0.15, 0.2) is 78.4 Å². The van der Waals surface area contributed by atoms with Gasteiger partial charge in [-0.3, -0.25) is 0 Å². The Morgan fingerprint density at radius 3 is 1.82 bits per heavy atom. The molecule has 1 N–H and O–H groups in total. The normalized spacial score (nSPS) is 13.0. The van der Waals surface area contributed by atoms with Crippen LogP contribution in [-0.4, -0.2) is 45.5 Å². The third-order valence-electron chi connectivity index (χ3n) is 4.97. The Balaban J connectivity index is 2.09. The fourth-order valence-corrected chi connectivity index (χ4v) is 3.35. The van der Waals surface area contributed by atoms with Crippen LogP contribution in [0.5, 0.6) is 0 Å². The molecule has 0 fully saturated rings. The van der Waals surface area contributed by atoms with Gasteiger partial charge in [-0.2, -0.15) is 0 Å². The molecule has 0 radical (unpaired) electrons. The van der Waals surface area contributed by atoms with Gasteiger partial charge in [0.1, 0.15) is 14.1 Å². The van der Waals surface area contributed by atoms with Crippen LogP contribution in [0.4, 0.5) is 5.69 Å². The SMILES string of the molecule is CNCc1ccc(C(=C2C=CC(=[N+](C)C)C=C2)c2ccc(N(C)C)cc2)cc1. The molecule has 0 saturated carbocycles. The van der Waals surface area contributed by atoms with E-state index in [1.165, 1.54) is 39.2 Å². The average molecular weight is 373 g/mol. The first kappa shape index (κ1) is 19.8. The van der Waals surface area contributed by atoms with E-state index in [0.29, 0.717) is 0 Å². The highest BCUT2D eigenvalue weighted by Crippen LogP contribution is 2.31. The molecule has 1 aliphatic carbocycles. The van der Waals surface area contributed by atoms with Gasteiger partial charge in [0.05, 0.1) is 0 Å². The van der Waals surface area contributed by atoms with Crippen molar-refractivity contribution in [1.29, 1.82) is 0 Å². The number of hydrogen-bond donors (Lipinski definition) is 1. The Labute approximate surface area is 169 Å². The quantitative estimate of drug-likeness (QED) is 0.796. The summed E-state index contributed by atoms with van der Waals surface area (Å²) >= 11 is 0. The van der Waals surface area contributed by atoms with Crippen LogP contribution < -0.4 is 10.2 Å². The Hall–Kier alpha value is -2.91. The first-order valence-corrected chi connectivity index (χ1v) is 9.66. The lowest BCUT2D eigenvalue weighted by atomic mass is 9.90. The molecule has 0 atom stereocenters. The Morgan fingerprint density at radius 2 is 1.36 bits per heavy atom. The molecule has 0 saturated heterocycles. The van der Waals surface area contributed by atoms with E-state index in [-0.39, 0.29) is 0 Å². The second-order valence-electron chi connectivity index (χ2n) is 7.48. The van der Waals surface area contributed by atoms with Crippen molar-refractivity contribution < 1.29 is 4.58 Å². The van der Waals surface area contributed by atoms with Crippen molar-refractivity contribution in [3.8, 4) is 0 Å². The molecule has 0 unspecified atom stereocenters. The summed E-state index contributed by atoms with van der Waals surface area (Å²) in [7, 11) is 10.3. The van der Waals surface area contributed by atoms with Gasteiger partial charge in [0.15, 0.2) is 5.71 Å². The van der Waals surface area contributed by atoms with E-state index in [9.17, 15) is 0 Å². The third kappa shape index (κ3) is 4.49. The molecular formula is C25H30N3+. The van der Waals surface area contributed by atoms with Gasteiger partial charge in [-0.05, 0) is 59.2 Å². The molecule has 0 bridgehead atoms. The van der Waals surface area contributed by atoms with Crippen molar-refractivity contribution in [2.45, 2.75) is 6.54 Å². The van der Waals surface area contributed by atoms with Crippen LogP contribution in [-0.2, 0) is 6.54 Å². The van der Waals surface area contributed by atoms with Crippen molar-refractivity contribution in [2.24, 2.45) is 0 Å². The van der Waals surface area contributed by atoms with Crippen LogP contribution in [0.25, 0.3) is 5.57 Å². The molecule has 3 rings (SSSR count). The zero-order chi connectivity index (χ0) is 20.1. The van der Waals surface area contributed by atoms with Gasteiger partial charge >= 0.3 is 0 Å². The van der Waals surface area contributed by atoms with E-state index in [1.54, 1.807) is 0 Å². The minimum Gasteiger partial charge on any atom is -0.378 e. The predicted octanol–water partition coefficient (Wildman–Crippen LogP) is 4.11. The van der Waals surface area contributed by atoms with Crippen molar-refractivity contribution in [2.75, 3.05) is 40.1 Å². The van der Waals surface area contributed by atoms with Crippen molar-refractivity contribution >= 4 is 17.0 Å². The van der Waals surface area contributed by atoms with Gasteiger partial charge in [-0.1, -0.05) is 36.4 Å². The van der Waals surface area contributed by atoms with Gasteiger partial charge in [-0.25, -0.2) is 4.58 Å². The molecule has 2 aromatic carbocycles. The molecule has 0 spiro atoms. The number of nitrogens with zero attached hydrogens (tertiary/aromatic N) is 2. The predicted molar refractivity (Wildman–Crippen MR) is 121 cm³/mol. The molecule has 0 aromatic heterocycles. The van der Waals surface area contributed by atoms with Gasteiger partial charge in [0, 0.05) is 38.5 Å². The van der Waals surface area contributed by atoms with E-state index in [1.807, 2.05) is 7.05 Å². The van der Waals surface area contributed by atoms with Crippen molar-refractivity contribution in [3.05, 3.63) is 95.1 Å². The molecule has 2 aromatic rings. The van der Waals surface area contributed by atoms with Crippen LogP contribution in [0, 0.1) is 0 Å². The molecule has 144 valence electrons. The first-order chi connectivity index (χ1) is 13.5. The standard InChI is InChI=1S/C25H30N3/c1-26-18-19-6-8-20(9-7-19)25(21-10-14-23(15-11-21)27(2)3)22-12-16-24(17-13-22)28(4)5/h6-17,26H,18H2,1-5H3/q+1. The molecule has 28 heavy (non-hydrogen) atoms. The summed E-state index contributed by atoms with van der Waals surface area (Å²) in [5, 5.41) is 3.21. The minimum absolute atomic E-state index is 0.880. The highest BCUT2D eigenvalue weighted by Gasteiger charge is 2.13. The highest BCUT2D eigenvalue weighted by atomic mass is 15.1. The fraction of sp³-hybridized carbons (Fsp3) is 0.240. The largest absolute Gasteiger partial charge is 0.378 e. The summed E-state index contributed by atoms with van der Waals surface area (Å²) in [6.45, 7) is 0.880. The second-order valence-corrected chi connectivity index (χ2v) is 7.48. The lowest BCUT2D eigenvalue weighted by molar-refractivity contribution is -0.462. The summed E-state index contributed by atoms with van der Waals surface area (Å²) in [5.41, 5.74) is 8.64. The average Bonchev–Trinajstić information content (AvgIpc) is 2.70. The molecule has 0 heterocycles. The first-order valence-electron chi connectivity index (χ1n) is 9.66. The van der Waals surface area contributed by atoms with E-state index >= 15 is 0 Å².